The number of hydrogen-bond donors (Lipinski definition) is 2. The summed E-state index contributed by atoms with van der Waals surface area (Å²) in [6, 6.07) is 4.78. The van der Waals surface area contributed by atoms with E-state index in [0.29, 0.717) is 15.7 Å². The van der Waals surface area contributed by atoms with E-state index in [2.05, 4.69) is 20.5 Å². The Morgan fingerprint density at radius 1 is 1.38 bits per heavy atom. The number of nitrogens with one attached hydrogen (secondary N) is 2. The summed E-state index contributed by atoms with van der Waals surface area (Å²) >= 11 is 11.6. The van der Waals surface area contributed by atoms with E-state index in [-0.39, 0.29) is 5.82 Å². The van der Waals surface area contributed by atoms with E-state index in [0.717, 1.165) is 0 Å². The van der Waals surface area contributed by atoms with E-state index < -0.39 is 5.91 Å². The first-order chi connectivity index (χ1) is 7.66. The lowest BCUT2D eigenvalue weighted by Gasteiger charge is -2.05. The molecule has 2 rings (SSSR count). The second-order valence-corrected chi connectivity index (χ2v) is 3.76. The molecule has 5 nitrogen and oxygen atoms in total. The normalized spacial score (nSPS) is 10.1. The Hall–Kier alpha value is -1.59. The molecule has 2 aromatic rings. The van der Waals surface area contributed by atoms with E-state index in [1.165, 1.54) is 6.33 Å². The van der Waals surface area contributed by atoms with Gasteiger partial charge in [-0.25, -0.2) is 4.98 Å². The maximum atomic E-state index is 11.6. The predicted molar refractivity (Wildman–Crippen MR) is 60.8 cm³/mol. The molecule has 0 bridgehead atoms. The molecule has 1 aromatic heterocycles. The summed E-state index contributed by atoms with van der Waals surface area (Å²) in [5.41, 5.74) is 0.465. The van der Waals surface area contributed by atoms with Crippen molar-refractivity contribution >= 4 is 34.8 Å². The van der Waals surface area contributed by atoms with Crippen LogP contribution in [0.3, 0.4) is 0 Å². The van der Waals surface area contributed by atoms with Crippen LogP contribution in [0.1, 0.15) is 10.6 Å². The first-order valence-electron chi connectivity index (χ1n) is 4.28. The Bertz CT molecular complexity index is 512. The van der Waals surface area contributed by atoms with E-state index in [4.69, 9.17) is 23.2 Å². The summed E-state index contributed by atoms with van der Waals surface area (Å²) < 4.78 is 0. The Balaban J connectivity index is 2.18. The zero-order chi connectivity index (χ0) is 11.5. The van der Waals surface area contributed by atoms with Gasteiger partial charge in [0.25, 0.3) is 5.91 Å². The van der Waals surface area contributed by atoms with Crippen LogP contribution < -0.4 is 5.32 Å². The summed E-state index contributed by atoms with van der Waals surface area (Å²) in [6.45, 7) is 0. The van der Waals surface area contributed by atoms with Gasteiger partial charge in [-0.3, -0.25) is 9.89 Å². The number of aromatic amines is 1. The number of carbonyl (C=O) groups excluding carboxylic acids is 1. The van der Waals surface area contributed by atoms with Crippen LogP contribution in [0.15, 0.2) is 24.5 Å². The molecule has 0 unspecified atom stereocenters. The first-order valence-corrected chi connectivity index (χ1v) is 5.04. The minimum absolute atomic E-state index is 0.117. The van der Waals surface area contributed by atoms with Crippen LogP contribution in [0.5, 0.6) is 0 Å². The molecule has 0 aliphatic heterocycles. The molecule has 16 heavy (non-hydrogen) atoms. The second kappa shape index (κ2) is 4.51. The summed E-state index contributed by atoms with van der Waals surface area (Å²) in [4.78, 5) is 15.3. The fourth-order valence-corrected chi connectivity index (χ4v) is 1.54. The number of benzene rings is 1. The first kappa shape index (κ1) is 10.9. The van der Waals surface area contributed by atoms with Gasteiger partial charge in [-0.05, 0) is 18.2 Å². The number of H-pyrrole nitrogens is 1. The van der Waals surface area contributed by atoms with Crippen LogP contribution in [0.4, 0.5) is 5.69 Å². The van der Waals surface area contributed by atoms with Crippen molar-refractivity contribution in [3.8, 4) is 0 Å². The Morgan fingerprint density at radius 3 is 2.81 bits per heavy atom. The molecule has 82 valence electrons. The average molecular weight is 257 g/mol. The van der Waals surface area contributed by atoms with E-state index in [9.17, 15) is 4.79 Å². The standard InChI is InChI=1S/C9H6Cl2N4O/c10-5-1-2-7(6(11)3-5)14-9(16)8-12-4-13-15-8/h1-4H,(H,14,16)(H,12,13,15). The largest absolute Gasteiger partial charge is 0.318 e. The number of hydrogen-bond acceptors (Lipinski definition) is 3. The molecule has 1 amide bonds. The molecule has 0 spiro atoms. The molecule has 7 heteroatoms. The van der Waals surface area contributed by atoms with Crippen LogP contribution in [0.25, 0.3) is 0 Å². The highest BCUT2D eigenvalue weighted by molar-refractivity contribution is 6.36. The van der Waals surface area contributed by atoms with Crippen LogP contribution in [-0.4, -0.2) is 21.1 Å². The number of anilines is 1. The number of amides is 1. The molecule has 0 saturated heterocycles. The van der Waals surface area contributed by atoms with E-state index >= 15 is 0 Å². The van der Waals surface area contributed by atoms with Crippen molar-refractivity contribution in [2.45, 2.75) is 0 Å². The average Bonchev–Trinajstić information content (AvgIpc) is 2.75. The van der Waals surface area contributed by atoms with Crippen molar-refractivity contribution in [3.05, 3.63) is 40.4 Å². The quantitative estimate of drug-likeness (QED) is 0.867. The Morgan fingerprint density at radius 2 is 2.19 bits per heavy atom. The molecule has 2 N–H and O–H groups in total. The topological polar surface area (TPSA) is 70.7 Å². The third-order valence-corrected chi connectivity index (χ3v) is 2.36. The molecule has 1 aromatic carbocycles. The van der Waals surface area contributed by atoms with Crippen molar-refractivity contribution < 1.29 is 4.79 Å². The molecule has 0 saturated carbocycles. The smallest absolute Gasteiger partial charge is 0.293 e. The van der Waals surface area contributed by atoms with Gasteiger partial charge in [0.15, 0.2) is 0 Å². The maximum absolute atomic E-state index is 11.6. The molecule has 1 heterocycles. The van der Waals surface area contributed by atoms with E-state index in [1.54, 1.807) is 18.2 Å². The van der Waals surface area contributed by atoms with Gasteiger partial charge in [0.1, 0.15) is 6.33 Å². The summed E-state index contributed by atoms with van der Waals surface area (Å²) in [6.07, 6.45) is 1.25. The number of nitrogens with zero attached hydrogens (tertiary/aromatic N) is 2. The molecule has 0 fully saturated rings. The van der Waals surface area contributed by atoms with Gasteiger partial charge < -0.3 is 5.32 Å². The van der Waals surface area contributed by atoms with Gasteiger partial charge in [-0.2, -0.15) is 5.10 Å². The van der Waals surface area contributed by atoms with Crippen LogP contribution >= 0.6 is 23.2 Å². The molecular formula is C9H6Cl2N4O. The van der Waals surface area contributed by atoms with Crippen molar-refractivity contribution in [2.24, 2.45) is 0 Å². The number of carbonyl (C=O) groups is 1. The fourth-order valence-electron chi connectivity index (χ4n) is 1.09. The number of halogens is 2. The van der Waals surface area contributed by atoms with Gasteiger partial charge in [0.05, 0.1) is 10.7 Å². The van der Waals surface area contributed by atoms with Crippen LogP contribution in [0, 0.1) is 0 Å². The van der Waals surface area contributed by atoms with Gasteiger partial charge in [0, 0.05) is 5.02 Å². The molecule has 0 aliphatic carbocycles. The maximum Gasteiger partial charge on any atom is 0.293 e. The molecular weight excluding hydrogens is 251 g/mol. The van der Waals surface area contributed by atoms with Crippen LogP contribution in [-0.2, 0) is 0 Å². The van der Waals surface area contributed by atoms with E-state index in [1.807, 2.05) is 0 Å². The third kappa shape index (κ3) is 2.32. The number of aromatic nitrogens is 3. The molecule has 0 atom stereocenters. The van der Waals surface area contributed by atoms with Crippen molar-refractivity contribution in [1.29, 1.82) is 0 Å². The van der Waals surface area contributed by atoms with Crippen molar-refractivity contribution in [1.82, 2.24) is 15.2 Å². The zero-order valence-electron chi connectivity index (χ0n) is 7.87. The highest BCUT2D eigenvalue weighted by Gasteiger charge is 2.10. The highest BCUT2D eigenvalue weighted by atomic mass is 35.5. The number of rotatable bonds is 2. The fraction of sp³-hybridized carbons (Fsp3) is 0. The monoisotopic (exact) mass is 256 g/mol. The van der Waals surface area contributed by atoms with Gasteiger partial charge in [-0.15, -0.1) is 0 Å². The lowest BCUT2D eigenvalue weighted by atomic mass is 10.3. The van der Waals surface area contributed by atoms with Gasteiger partial charge in [0.2, 0.25) is 5.82 Å². The minimum Gasteiger partial charge on any atom is -0.318 e. The summed E-state index contributed by atoms with van der Waals surface area (Å²) in [5.74, 6) is -0.298. The summed E-state index contributed by atoms with van der Waals surface area (Å²) in [7, 11) is 0. The predicted octanol–water partition coefficient (Wildman–Crippen LogP) is 2.36. The Labute approximate surface area is 101 Å². The lowest BCUT2D eigenvalue weighted by Crippen LogP contribution is -2.13. The van der Waals surface area contributed by atoms with Crippen LogP contribution in [0.2, 0.25) is 10.0 Å². The van der Waals surface area contributed by atoms with Gasteiger partial charge in [-0.1, -0.05) is 23.2 Å². The highest BCUT2D eigenvalue weighted by Crippen LogP contribution is 2.25. The van der Waals surface area contributed by atoms with Gasteiger partial charge >= 0.3 is 0 Å². The minimum atomic E-state index is -0.415. The Kier molecular flexibility index (Phi) is 3.07. The van der Waals surface area contributed by atoms with Crippen molar-refractivity contribution in [2.75, 3.05) is 5.32 Å². The SMILES string of the molecule is O=C(Nc1ccc(Cl)cc1Cl)c1ncn[nH]1. The second-order valence-electron chi connectivity index (χ2n) is 2.91. The lowest BCUT2D eigenvalue weighted by molar-refractivity contribution is 0.101. The summed E-state index contributed by atoms with van der Waals surface area (Å²) in [5, 5.41) is 9.46. The van der Waals surface area contributed by atoms with Crippen molar-refractivity contribution in [3.63, 3.8) is 0 Å². The molecule has 0 radical (unpaired) electrons. The third-order valence-electron chi connectivity index (χ3n) is 1.81. The zero-order valence-corrected chi connectivity index (χ0v) is 9.38. The molecule has 0 aliphatic rings.